The first-order valence-corrected chi connectivity index (χ1v) is 3.67. The van der Waals surface area contributed by atoms with Crippen LogP contribution in [0.3, 0.4) is 0 Å². The summed E-state index contributed by atoms with van der Waals surface area (Å²) in [6, 6.07) is 0. The highest BCUT2D eigenvalue weighted by molar-refractivity contribution is 5.46. The lowest BCUT2D eigenvalue weighted by Crippen LogP contribution is -2.28. The molecule has 10 heavy (non-hydrogen) atoms. The van der Waals surface area contributed by atoms with Crippen LogP contribution in [0.5, 0.6) is 0 Å². The van der Waals surface area contributed by atoms with Gasteiger partial charge in [0.1, 0.15) is 0 Å². The van der Waals surface area contributed by atoms with Gasteiger partial charge in [0.15, 0.2) is 0 Å². The van der Waals surface area contributed by atoms with Crippen LogP contribution >= 0.6 is 0 Å². The highest BCUT2D eigenvalue weighted by Crippen LogP contribution is 1.73. The van der Waals surface area contributed by atoms with E-state index in [1.165, 1.54) is 0 Å². The lowest BCUT2D eigenvalue weighted by atomic mass is 10.4. The number of hydrogen-bond donors (Lipinski definition) is 1. The topological polar surface area (TPSA) is 32.3 Å². The minimum atomic E-state index is 0.795. The number of nitrogens with one attached hydrogen (secondary N) is 1. The maximum absolute atomic E-state index is 10.1. The molecule has 3 nitrogen and oxygen atoms in total. The first-order chi connectivity index (χ1) is 4.81. The molecule has 0 radical (unpaired) electrons. The minimum absolute atomic E-state index is 0.795. The SMILES string of the molecule is CCCNCCN(C)C=O. The quantitative estimate of drug-likeness (QED) is 0.423. The molecular formula is C7H16N2O. The average molecular weight is 144 g/mol. The van der Waals surface area contributed by atoms with Gasteiger partial charge in [0.2, 0.25) is 6.41 Å². The summed E-state index contributed by atoms with van der Waals surface area (Å²) in [5.74, 6) is 0. The van der Waals surface area contributed by atoms with Crippen molar-refractivity contribution in [2.24, 2.45) is 0 Å². The van der Waals surface area contributed by atoms with Crippen LogP contribution in [0.2, 0.25) is 0 Å². The third kappa shape index (κ3) is 5.56. The van der Waals surface area contributed by atoms with Gasteiger partial charge in [-0.05, 0) is 13.0 Å². The number of nitrogens with zero attached hydrogens (tertiary/aromatic N) is 1. The first kappa shape index (κ1) is 9.43. The van der Waals surface area contributed by atoms with Gasteiger partial charge in [0.25, 0.3) is 0 Å². The Morgan fingerprint density at radius 1 is 1.50 bits per heavy atom. The van der Waals surface area contributed by atoms with Crippen molar-refractivity contribution in [1.82, 2.24) is 10.2 Å². The monoisotopic (exact) mass is 144 g/mol. The standard InChI is InChI=1S/C7H16N2O/c1-3-4-8-5-6-9(2)7-10/h7-8H,3-6H2,1-2H3. The molecule has 0 atom stereocenters. The number of carbonyl (C=O) groups is 1. The number of likely N-dealkylation sites (N-methyl/N-ethyl adjacent to an activating group) is 1. The van der Waals surface area contributed by atoms with E-state index in [9.17, 15) is 4.79 Å². The molecule has 0 saturated carbocycles. The van der Waals surface area contributed by atoms with E-state index in [1.807, 2.05) is 0 Å². The Kier molecular flexibility index (Phi) is 6.18. The van der Waals surface area contributed by atoms with Gasteiger partial charge in [-0.25, -0.2) is 0 Å². The third-order valence-corrected chi connectivity index (χ3v) is 1.25. The van der Waals surface area contributed by atoms with Gasteiger partial charge >= 0.3 is 0 Å². The molecular weight excluding hydrogens is 128 g/mol. The van der Waals surface area contributed by atoms with Crippen LogP contribution < -0.4 is 5.32 Å². The van der Waals surface area contributed by atoms with Gasteiger partial charge in [0.05, 0.1) is 0 Å². The molecule has 0 aliphatic rings. The summed E-state index contributed by atoms with van der Waals surface area (Å²) in [5, 5.41) is 3.20. The molecule has 0 spiro atoms. The van der Waals surface area contributed by atoms with E-state index in [0.29, 0.717) is 0 Å². The predicted molar refractivity (Wildman–Crippen MR) is 41.9 cm³/mol. The number of hydrogen-bond acceptors (Lipinski definition) is 2. The summed E-state index contributed by atoms with van der Waals surface area (Å²) in [4.78, 5) is 11.7. The fraction of sp³-hybridized carbons (Fsp3) is 0.857. The second-order valence-corrected chi connectivity index (χ2v) is 2.34. The number of amides is 1. The fourth-order valence-electron chi connectivity index (χ4n) is 0.610. The van der Waals surface area contributed by atoms with E-state index in [0.717, 1.165) is 32.5 Å². The van der Waals surface area contributed by atoms with Crippen molar-refractivity contribution in [1.29, 1.82) is 0 Å². The Labute approximate surface area is 62.4 Å². The van der Waals surface area contributed by atoms with Crippen LogP contribution in [-0.2, 0) is 4.79 Å². The summed E-state index contributed by atoms with van der Waals surface area (Å²) in [7, 11) is 1.78. The van der Waals surface area contributed by atoms with E-state index in [2.05, 4.69) is 12.2 Å². The molecule has 0 rings (SSSR count). The van der Waals surface area contributed by atoms with Gasteiger partial charge in [-0.2, -0.15) is 0 Å². The number of carbonyl (C=O) groups excluding carboxylic acids is 1. The molecule has 1 N–H and O–H groups in total. The lowest BCUT2D eigenvalue weighted by Gasteiger charge is -2.09. The van der Waals surface area contributed by atoms with Crippen LogP contribution in [0.15, 0.2) is 0 Å². The molecule has 0 aromatic heterocycles. The molecule has 60 valence electrons. The molecule has 1 amide bonds. The molecule has 0 aliphatic heterocycles. The Bertz CT molecular complexity index is 85.7. The summed E-state index contributed by atoms with van der Waals surface area (Å²) in [6.07, 6.45) is 1.98. The Morgan fingerprint density at radius 3 is 2.70 bits per heavy atom. The maximum Gasteiger partial charge on any atom is 0.209 e. The summed E-state index contributed by atoms with van der Waals surface area (Å²) in [5.41, 5.74) is 0. The van der Waals surface area contributed by atoms with Gasteiger partial charge in [-0.1, -0.05) is 6.92 Å². The van der Waals surface area contributed by atoms with Crippen molar-refractivity contribution >= 4 is 6.41 Å². The fourth-order valence-corrected chi connectivity index (χ4v) is 0.610. The van der Waals surface area contributed by atoms with E-state index < -0.39 is 0 Å². The molecule has 0 aromatic rings. The molecule has 0 fully saturated rings. The summed E-state index contributed by atoms with van der Waals surface area (Å²) in [6.45, 7) is 4.84. The highest BCUT2D eigenvalue weighted by Gasteiger charge is 1.90. The Morgan fingerprint density at radius 2 is 2.20 bits per heavy atom. The van der Waals surface area contributed by atoms with Gasteiger partial charge in [0, 0.05) is 20.1 Å². The molecule has 0 unspecified atom stereocenters. The second kappa shape index (κ2) is 6.55. The largest absolute Gasteiger partial charge is 0.347 e. The lowest BCUT2D eigenvalue weighted by molar-refractivity contribution is -0.116. The second-order valence-electron chi connectivity index (χ2n) is 2.34. The normalized spacial score (nSPS) is 9.40. The van der Waals surface area contributed by atoms with Gasteiger partial charge < -0.3 is 10.2 Å². The predicted octanol–water partition coefficient (Wildman–Crippen LogP) is 0.0742. The average Bonchev–Trinajstić information content (AvgIpc) is 1.98. The smallest absolute Gasteiger partial charge is 0.209 e. The van der Waals surface area contributed by atoms with E-state index in [1.54, 1.807) is 11.9 Å². The van der Waals surface area contributed by atoms with Crippen LogP contribution in [-0.4, -0.2) is 38.0 Å². The van der Waals surface area contributed by atoms with Crippen LogP contribution in [0.25, 0.3) is 0 Å². The number of rotatable bonds is 6. The van der Waals surface area contributed by atoms with E-state index >= 15 is 0 Å². The third-order valence-electron chi connectivity index (χ3n) is 1.25. The zero-order valence-corrected chi connectivity index (χ0v) is 6.76. The zero-order valence-electron chi connectivity index (χ0n) is 6.76. The van der Waals surface area contributed by atoms with Crippen molar-refractivity contribution in [3.05, 3.63) is 0 Å². The Balaban J connectivity index is 2.95. The first-order valence-electron chi connectivity index (χ1n) is 3.67. The van der Waals surface area contributed by atoms with Crippen molar-refractivity contribution in [3.8, 4) is 0 Å². The van der Waals surface area contributed by atoms with Crippen LogP contribution in [0.1, 0.15) is 13.3 Å². The molecule has 0 heterocycles. The van der Waals surface area contributed by atoms with Gasteiger partial charge in [-0.15, -0.1) is 0 Å². The molecule has 3 heteroatoms. The maximum atomic E-state index is 10.1. The van der Waals surface area contributed by atoms with Crippen molar-refractivity contribution in [2.45, 2.75) is 13.3 Å². The van der Waals surface area contributed by atoms with Crippen molar-refractivity contribution < 1.29 is 4.79 Å². The Hall–Kier alpha value is -0.570. The summed E-state index contributed by atoms with van der Waals surface area (Å²) < 4.78 is 0. The molecule has 0 saturated heterocycles. The van der Waals surface area contributed by atoms with Crippen molar-refractivity contribution in [3.63, 3.8) is 0 Å². The molecule has 0 bridgehead atoms. The van der Waals surface area contributed by atoms with E-state index in [4.69, 9.17) is 0 Å². The van der Waals surface area contributed by atoms with Crippen LogP contribution in [0, 0.1) is 0 Å². The van der Waals surface area contributed by atoms with Gasteiger partial charge in [-0.3, -0.25) is 4.79 Å². The molecule has 0 aromatic carbocycles. The minimum Gasteiger partial charge on any atom is -0.347 e. The summed E-state index contributed by atoms with van der Waals surface area (Å²) >= 11 is 0. The highest BCUT2D eigenvalue weighted by atomic mass is 16.1. The molecule has 0 aliphatic carbocycles. The van der Waals surface area contributed by atoms with Crippen LogP contribution in [0.4, 0.5) is 0 Å². The van der Waals surface area contributed by atoms with Crippen molar-refractivity contribution in [2.75, 3.05) is 26.7 Å². The zero-order chi connectivity index (χ0) is 7.82. The van der Waals surface area contributed by atoms with E-state index in [-0.39, 0.29) is 0 Å².